The van der Waals surface area contributed by atoms with Crippen molar-refractivity contribution >= 4 is 0 Å². The quantitative estimate of drug-likeness (QED) is 0.751. The van der Waals surface area contributed by atoms with Gasteiger partial charge in [0, 0.05) is 38.5 Å². The van der Waals surface area contributed by atoms with E-state index in [0.717, 1.165) is 11.5 Å². The zero-order valence-corrected chi connectivity index (χ0v) is 10.5. The van der Waals surface area contributed by atoms with Crippen LogP contribution in [0.15, 0.2) is 54.6 Å². The molecule has 0 aliphatic heterocycles. The van der Waals surface area contributed by atoms with Gasteiger partial charge in [0.25, 0.3) is 0 Å². The molecule has 0 aliphatic rings. The summed E-state index contributed by atoms with van der Waals surface area (Å²) in [5.74, 6) is 1.69. The van der Waals surface area contributed by atoms with Crippen LogP contribution in [0.4, 0.5) is 0 Å². The third-order valence-corrected chi connectivity index (χ3v) is 1.67. The van der Waals surface area contributed by atoms with Gasteiger partial charge in [0.2, 0.25) is 0 Å². The number of ether oxygens (including phenoxy) is 1. The molecule has 67 valence electrons. The minimum absolute atomic E-state index is 0. The number of hydrogen-bond acceptors (Lipinski definition) is 1. The van der Waals surface area contributed by atoms with Gasteiger partial charge in [-0.2, -0.15) is 18.2 Å². The van der Waals surface area contributed by atoms with Crippen LogP contribution in [0.5, 0.6) is 11.5 Å². The molecule has 0 amide bonds. The third-order valence-electron chi connectivity index (χ3n) is 1.67. The second-order valence-corrected chi connectivity index (χ2v) is 2.65. The fourth-order valence-corrected chi connectivity index (χ4v) is 1.06. The van der Waals surface area contributed by atoms with Crippen molar-refractivity contribution in [3.8, 4) is 11.5 Å². The molecule has 0 saturated carbocycles. The van der Waals surface area contributed by atoms with Crippen molar-refractivity contribution in [2.24, 2.45) is 0 Å². The molecule has 2 aromatic rings. The van der Waals surface area contributed by atoms with E-state index in [0.29, 0.717) is 0 Å². The summed E-state index contributed by atoms with van der Waals surface area (Å²) in [6, 6.07) is 20.1. The van der Waals surface area contributed by atoms with Crippen LogP contribution in [0.3, 0.4) is 0 Å². The topological polar surface area (TPSA) is 9.23 Å². The molecule has 0 N–H and O–H groups in total. The van der Waals surface area contributed by atoms with E-state index in [1.54, 1.807) is 0 Å². The van der Waals surface area contributed by atoms with Crippen LogP contribution in [0.1, 0.15) is 0 Å². The maximum absolute atomic E-state index is 5.56. The molecule has 0 unspecified atom stereocenters. The summed E-state index contributed by atoms with van der Waals surface area (Å²) in [5.41, 5.74) is 0. The zero-order valence-electron chi connectivity index (χ0n) is 7.68. The van der Waals surface area contributed by atoms with Gasteiger partial charge < -0.3 is 4.74 Å². The molecule has 1 radical (unpaired) electrons. The number of hydrogen-bond donors (Lipinski definition) is 0. The Morgan fingerprint density at radius 2 is 1.36 bits per heavy atom. The molecular weight excluding hydrogens is 249 g/mol. The van der Waals surface area contributed by atoms with Gasteiger partial charge >= 0.3 is 0 Å². The van der Waals surface area contributed by atoms with Gasteiger partial charge in [0.15, 0.2) is 0 Å². The Bertz CT molecular complexity index is 321. The average Bonchev–Trinajstić information content (AvgIpc) is 2.21. The Morgan fingerprint density at radius 3 is 2.00 bits per heavy atom. The second kappa shape index (κ2) is 5.95. The summed E-state index contributed by atoms with van der Waals surface area (Å²) in [6.45, 7) is 0. The maximum atomic E-state index is 5.56. The standard InChI is InChI=1S/C12H9O.Y/c1-3-7-11(8-4-1)13-12-9-5-2-6-10-12;/h1,3-10H;/q-1;. The van der Waals surface area contributed by atoms with Crippen LogP contribution in [-0.4, -0.2) is 0 Å². The molecule has 0 aromatic heterocycles. The molecule has 1 nitrogen and oxygen atoms in total. The van der Waals surface area contributed by atoms with Crippen molar-refractivity contribution in [2.75, 3.05) is 0 Å². The van der Waals surface area contributed by atoms with E-state index >= 15 is 0 Å². The van der Waals surface area contributed by atoms with Crippen molar-refractivity contribution in [3.63, 3.8) is 0 Å². The summed E-state index contributed by atoms with van der Waals surface area (Å²) >= 11 is 0. The van der Waals surface area contributed by atoms with Crippen molar-refractivity contribution < 1.29 is 37.4 Å². The first-order chi connectivity index (χ1) is 6.45. The largest absolute Gasteiger partial charge is 0.483 e. The van der Waals surface area contributed by atoms with E-state index in [1.165, 1.54) is 0 Å². The van der Waals surface area contributed by atoms with Gasteiger partial charge in [-0.3, -0.25) is 0 Å². The summed E-state index contributed by atoms with van der Waals surface area (Å²) in [7, 11) is 0. The molecule has 0 aliphatic carbocycles. The Hall–Kier alpha value is -0.656. The summed E-state index contributed by atoms with van der Waals surface area (Å²) in [4.78, 5) is 0. The number of benzene rings is 2. The van der Waals surface area contributed by atoms with E-state index < -0.39 is 0 Å². The molecule has 0 bridgehead atoms. The molecule has 14 heavy (non-hydrogen) atoms. The molecular formula is C12H9OY-. The second-order valence-electron chi connectivity index (χ2n) is 2.65. The van der Waals surface area contributed by atoms with Crippen molar-refractivity contribution in [1.29, 1.82) is 0 Å². The van der Waals surface area contributed by atoms with Crippen LogP contribution in [0.2, 0.25) is 0 Å². The molecule has 0 saturated heterocycles. The molecule has 0 atom stereocenters. The summed E-state index contributed by atoms with van der Waals surface area (Å²) < 4.78 is 5.56. The van der Waals surface area contributed by atoms with Gasteiger partial charge in [-0.25, -0.2) is 0 Å². The predicted octanol–water partition coefficient (Wildman–Crippen LogP) is 3.28. The van der Waals surface area contributed by atoms with Gasteiger partial charge in [-0.15, -0.1) is 12.1 Å². The molecule has 2 aromatic carbocycles. The summed E-state index contributed by atoms with van der Waals surface area (Å²) in [5, 5.41) is 0. The van der Waals surface area contributed by atoms with Crippen LogP contribution >= 0.6 is 0 Å². The van der Waals surface area contributed by atoms with Crippen molar-refractivity contribution in [3.05, 3.63) is 60.7 Å². The van der Waals surface area contributed by atoms with Gasteiger partial charge in [0.05, 0.1) is 0 Å². The van der Waals surface area contributed by atoms with E-state index in [1.807, 2.05) is 54.6 Å². The fourth-order valence-electron chi connectivity index (χ4n) is 1.06. The van der Waals surface area contributed by atoms with Crippen molar-refractivity contribution in [1.82, 2.24) is 0 Å². The van der Waals surface area contributed by atoms with E-state index in [-0.39, 0.29) is 32.7 Å². The van der Waals surface area contributed by atoms with Crippen LogP contribution in [0.25, 0.3) is 0 Å². The first-order valence-corrected chi connectivity index (χ1v) is 4.14. The minimum Gasteiger partial charge on any atom is -0.483 e. The molecule has 0 fully saturated rings. The van der Waals surface area contributed by atoms with Crippen LogP contribution in [-0.2, 0) is 32.7 Å². The predicted molar refractivity (Wildman–Crippen MR) is 51.8 cm³/mol. The number of rotatable bonds is 2. The molecule has 0 spiro atoms. The normalized spacial score (nSPS) is 8.86. The maximum Gasteiger partial charge on any atom is 0.124 e. The van der Waals surface area contributed by atoms with Gasteiger partial charge in [0.1, 0.15) is 5.75 Å². The van der Waals surface area contributed by atoms with Crippen molar-refractivity contribution in [2.45, 2.75) is 0 Å². The van der Waals surface area contributed by atoms with E-state index in [4.69, 9.17) is 4.74 Å². The first-order valence-electron chi connectivity index (χ1n) is 4.14. The molecule has 2 heteroatoms. The zero-order chi connectivity index (χ0) is 8.93. The summed E-state index contributed by atoms with van der Waals surface area (Å²) in [6.07, 6.45) is 0. The minimum atomic E-state index is 0. The fraction of sp³-hybridized carbons (Fsp3) is 0. The molecule has 0 heterocycles. The van der Waals surface area contributed by atoms with Gasteiger partial charge in [-0.1, -0.05) is 18.2 Å². The monoisotopic (exact) mass is 258 g/mol. The smallest absolute Gasteiger partial charge is 0.124 e. The Morgan fingerprint density at radius 1 is 0.786 bits per heavy atom. The Kier molecular flexibility index (Phi) is 4.85. The van der Waals surface area contributed by atoms with Gasteiger partial charge in [-0.05, 0) is 12.1 Å². The molecule has 2 rings (SSSR count). The SMILES string of the molecule is [Y].[c-]1ccc(Oc2ccccc2)cc1. The number of para-hydroxylation sites is 1. The van der Waals surface area contributed by atoms with Crippen LogP contribution in [0, 0.1) is 6.07 Å². The average molecular weight is 258 g/mol. The van der Waals surface area contributed by atoms with E-state index in [2.05, 4.69) is 6.07 Å². The first kappa shape index (κ1) is 11.4. The van der Waals surface area contributed by atoms with Crippen LogP contribution < -0.4 is 4.74 Å². The van der Waals surface area contributed by atoms with E-state index in [9.17, 15) is 0 Å². The third kappa shape index (κ3) is 3.24. The Labute approximate surface area is 109 Å². The Balaban J connectivity index is 0.000000980.